The molecule has 1 aromatic heterocycles. The van der Waals surface area contributed by atoms with Crippen LogP contribution in [0.25, 0.3) is 0 Å². The van der Waals surface area contributed by atoms with Gasteiger partial charge < -0.3 is 15.0 Å². The summed E-state index contributed by atoms with van der Waals surface area (Å²) in [7, 11) is 2.18. The lowest BCUT2D eigenvalue weighted by molar-refractivity contribution is 0.215. The molecule has 0 amide bonds. The first kappa shape index (κ1) is 16.2. The molecular formula is C14H24ClN5O. The Morgan fingerprint density at radius 2 is 2.05 bits per heavy atom. The van der Waals surface area contributed by atoms with Crippen LogP contribution in [0.4, 0.5) is 5.95 Å². The predicted molar refractivity (Wildman–Crippen MR) is 84.0 cm³/mol. The highest BCUT2D eigenvalue weighted by molar-refractivity contribution is 6.28. The highest BCUT2D eigenvalue weighted by atomic mass is 35.5. The Bertz CT molecular complexity index is 437. The first-order valence-corrected chi connectivity index (χ1v) is 8.02. The van der Waals surface area contributed by atoms with Gasteiger partial charge in [-0.1, -0.05) is 6.92 Å². The lowest BCUT2D eigenvalue weighted by Crippen LogP contribution is -2.30. The van der Waals surface area contributed by atoms with Crippen LogP contribution in [0, 0.1) is 5.92 Å². The Hall–Kier alpha value is -1.14. The van der Waals surface area contributed by atoms with Gasteiger partial charge in [0.15, 0.2) is 0 Å². The molecule has 0 radical (unpaired) electrons. The van der Waals surface area contributed by atoms with Gasteiger partial charge in [-0.15, -0.1) is 0 Å². The molecule has 0 saturated carbocycles. The summed E-state index contributed by atoms with van der Waals surface area (Å²) in [6.07, 6.45) is 4.56. The number of rotatable bonds is 7. The third-order valence-electron chi connectivity index (χ3n) is 3.70. The zero-order valence-electron chi connectivity index (χ0n) is 12.8. The molecule has 1 aromatic rings. The number of aromatic nitrogens is 3. The van der Waals surface area contributed by atoms with Crippen molar-refractivity contribution in [3.63, 3.8) is 0 Å². The molecule has 2 rings (SSSR count). The van der Waals surface area contributed by atoms with Crippen LogP contribution in [-0.2, 0) is 0 Å². The molecule has 1 aliphatic rings. The molecule has 6 nitrogen and oxygen atoms in total. The minimum atomic E-state index is 0.165. The van der Waals surface area contributed by atoms with E-state index in [9.17, 15) is 0 Å². The van der Waals surface area contributed by atoms with E-state index < -0.39 is 0 Å². The highest BCUT2D eigenvalue weighted by Crippen LogP contribution is 2.19. The number of ether oxygens (including phenoxy) is 1. The fourth-order valence-corrected chi connectivity index (χ4v) is 2.56. The van der Waals surface area contributed by atoms with Gasteiger partial charge in [0, 0.05) is 6.54 Å². The maximum atomic E-state index is 5.88. The SMILES string of the molecule is CCCOc1nc(Cl)nc(NCCC2CCN(C)CC2)n1. The second-order valence-corrected chi connectivity index (χ2v) is 5.86. The molecule has 118 valence electrons. The molecule has 1 aliphatic heterocycles. The molecule has 1 fully saturated rings. The average molecular weight is 314 g/mol. The van der Waals surface area contributed by atoms with E-state index in [0.29, 0.717) is 18.6 Å². The molecule has 0 atom stereocenters. The normalized spacial score (nSPS) is 16.9. The van der Waals surface area contributed by atoms with Gasteiger partial charge in [0.1, 0.15) is 0 Å². The van der Waals surface area contributed by atoms with Gasteiger partial charge >= 0.3 is 6.01 Å². The summed E-state index contributed by atoms with van der Waals surface area (Å²) in [6.45, 7) is 5.84. The lowest BCUT2D eigenvalue weighted by Gasteiger charge is -2.28. The first-order chi connectivity index (χ1) is 10.2. The van der Waals surface area contributed by atoms with Gasteiger partial charge in [0.05, 0.1) is 6.61 Å². The third kappa shape index (κ3) is 5.63. The van der Waals surface area contributed by atoms with Gasteiger partial charge in [0.25, 0.3) is 0 Å². The summed E-state index contributed by atoms with van der Waals surface area (Å²) in [4.78, 5) is 14.6. The van der Waals surface area contributed by atoms with Crippen LogP contribution in [0.5, 0.6) is 6.01 Å². The summed E-state index contributed by atoms with van der Waals surface area (Å²) in [5.41, 5.74) is 0. The molecule has 2 heterocycles. The largest absolute Gasteiger partial charge is 0.463 e. The molecule has 0 spiro atoms. The van der Waals surface area contributed by atoms with E-state index in [-0.39, 0.29) is 5.28 Å². The smallest absolute Gasteiger partial charge is 0.322 e. The summed E-state index contributed by atoms with van der Waals surface area (Å²) >= 11 is 5.88. The summed E-state index contributed by atoms with van der Waals surface area (Å²) < 4.78 is 5.39. The number of halogens is 1. The molecule has 7 heteroatoms. The molecule has 1 N–H and O–H groups in total. The summed E-state index contributed by atoms with van der Waals surface area (Å²) in [6, 6.07) is 0.290. The minimum Gasteiger partial charge on any atom is -0.463 e. The van der Waals surface area contributed by atoms with Crippen molar-refractivity contribution in [3.05, 3.63) is 5.28 Å². The minimum absolute atomic E-state index is 0.165. The third-order valence-corrected chi connectivity index (χ3v) is 3.87. The Labute approximate surface area is 131 Å². The van der Waals surface area contributed by atoms with Crippen molar-refractivity contribution in [3.8, 4) is 6.01 Å². The zero-order chi connectivity index (χ0) is 15.1. The maximum absolute atomic E-state index is 5.88. The standard InChI is InChI=1S/C14H24ClN5O/c1-3-10-21-14-18-12(15)17-13(19-14)16-7-4-11-5-8-20(2)9-6-11/h11H,3-10H2,1-2H3,(H,16,17,18,19). The Morgan fingerprint density at radius 1 is 1.29 bits per heavy atom. The second-order valence-electron chi connectivity index (χ2n) is 5.52. The second kappa shape index (κ2) is 8.34. The van der Waals surface area contributed by atoms with Crippen LogP contribution >= 0.6 is 11.6 Å². The molecule has 0 aliphatic carbocycles. The van der Waals surface area contributed by atoms with Crippen LogP contribution in [0.2, 0.25) is 5.28 Å². The molecule has 21 heavy (non-hydrogen) atoms. The number of likely N-dealkylation sites (tertiary alicyclic amines) is 1. The Morgan fingerprint density at radius 3 is 2.76 bits per heavy atom. The van der Waals surface area contributed by atoms with Gasteiger partial charge in [-0.2, -0.15) is 15.0 Å². The van der Waals surface area contributed by atoms with Crippen molar-refractivity contribution in [2.75, 3.05) is 38.6 Å². The number of hydrogen-bond donors (Lipinski definition) is 1. The number of piperidine rings is 1. The van der Waals surface area contributed by atoms with Gasteiger partial charge in [-0.05, 0) is 63.3 Å². The fraction of sp³-hybridized carbons (Fsp3) is 0.786. The summed E-state index contributed by atoms with van der Waals surface area (Å²) in [5.74, 6) is 1.27. The molecule has 0 bridgehead atoms. The van der Waals surface area contributed by atoms with Crippen LogP contribution in [-0.4, -0.2) is 53.1 Å². The van der Waals surface area contributed by atoms with E-state index in [1.54, 1.807) is 0 Å². The first-order valence-electron chi connectivity index (χ1n) is 7.64. The van der Waals surface area contributed by atoms with Gasteiger partial charge in [-0.3, -0.25) is 0 Å². The van der Waals surface area contributed by atoms with Crippen molar-refractivity contribution in [2.45, 2.75) is 32.6 Å². The average Bonchev–Trinajstić information content (AvgIpc) is 2.47. The monoisotopic (exact) mass is 313 g/mol. The predicted octanol–water partition coefficient (Wildman–Crippen LogP) is 2.46. The molecule has 1 saturated heterocycles. The van der Waals surface area contributed by atoms with Crippen molar-refractivity contribution in [1.29, 1.82) is 0 Å². The van der Waals surface area contributed by atoms with Crippen LogP contribution in [0.3, 0.4) is 0 Å². The van der Waals surface area contributed by atoms with E-state index >= 15 is 0 Å². The number of nitrogens with one attached hydrogen (secondary N) is 1. The van der Waals surface area contributed by atoms with Gasteiger partial charge in [-0.25, -0.2) is 0 Å². The van der Waals surface area contributed by atoms with E-state index in [1.807, 2.05) is 6.92 Å². The lowest BCUT2D eigenvalue weighted by atomic mass is 9.94. The van der Waals surface area contributed by atoms with Gasteiger partial charge in [0.2, 0.25) is 11.2 Å². The van der Waals surface area contributed by atoms with Crippen molar-refractivity contribution >= 4 is 17.5 Å². The fourth-order valence-electron chi connectivity index (χ4n) is 2.41. The topological polar surface area (TPSA) is 63.2 Å². The Kier molecular flexibility index (Phi) is 6.45. The number of anilines is 1. The maximum Gasteiger partial charge on any atom is 0.322 e. The Balaban J connectivity index is 1.78. The van der Waals surface area contributed by atoms with Crippen molar-refractivity contribution in [1.82, 2.24) is 19.9 Å². The number of hydrogen-bond acceptors (Lipinski definition) is 6. The number of nitrogens with zero attached hydrogens (tertiary/aromatic N) is 4. The zero-order valence-corrected chi connectivity index (χ0v) is 13.6. The van der Waals surface area contributed by atoms with Crippen LogP contribution in [0.15, 0.2) is 0 Å². The molecule has 0 unspecified atom stereocenters. The highest BCUT2D eigenvalue weighted by Gasteiger charge is 2.16. The quantitative estimate of drug-likeness (QED) is 0.834. The van der Waals surface area contributed by atoms with Crippen molar-refractivity contribution in [2.24, 2.45) is 5.92 Å². The van der Waals surface area contributed by atoms with E-state index in [4.69, 9.17) is 16.3 Å². The summed E-state index contributed by atoms with van der Waals surface area (Å²) in [5, 5.41) is 3.39. The van der Waals surface area contributed by atoms with E-state index in [0.717, 1.165) is 25.3 Å². The molecular weight excluding hydrogens is 290 g/mol. The van der Waals surface area contributed by atoms with Crippen molar-refractivity contribution < 1.29 is 4.74 Å². The van der Waals surface area contributed by atoms with E-state index in [2.05, 4.69) is 32.2 Å². The van der Waals surface area contributed by atoms with Crippen LogP contribution in [0.1, 0.15) is 32.6 Å². The molecule has 0 aromatic carbocycles. The van der Waals surface area contributed by atoms with Crippen LogP contribution < -0.4 is 10.1 Å². The van der Waals surface area contributed by atoms with E-state index in [1.165, 1.54) is 25.9 Å².